The molecule has 17 heavy (non-hydrogen) atoms. The van der Waals surface area contributed by atoms with Crippen LogP contribution in [0.5, 0.6) is 0 Å². The third kappa shape index (κ3) is 1.49. The van der Waals surface area contributed by atoms with Crippen LogP contribution >= 0.6 is 0 Å². The number of benzene rings is 1. The van der Waals surface area contributed by atoms with Crippen molar-refractivity contribution >= 4 is 10.9 Å². The van der Waals surface area contributed by atoms with Gasteiger partial charge in [0.05, 0.1) is 0 Å². The molecule has 1 atom stereocenters. The molecule has 0 radical (unpaired) electrons. The molecule has 0 bridgehead atoms. The lowest BCUT2D eigenvalue weighted by Crippen LogP contribution is -2.40. The number of hydrogen-bond donors (Lipinski definition) is 2. The molecule has 0 fully saturated rings. The summed E-state index contributed by atoms with van der Waals surface area (Å²) in [5.41, 5.74) is 3.51. The number of nitrogens with one attached hydrogen (secondary N) is 2. The molecule has 1 unspecified atom stereocenters. The molecule has 0 saturated carbocycles. The van der Waals surface area contributed by atoms with Crippen molar-refractivity contribution in [1.29, 1.82) is 0 Å². The molecule has 2 heterocycles. The van der Waals surface area contributed by atoms with Gasteiger partial charge in [0, 0.05) is 34.6 Å². The fourth-order valence-electron chi connectivity index (χ4n) is 2.84. The van der Waals surface area contributed by atoms with Gasteiger partial charge in [0.15, 0.2) is 0 Å². The molecule has 3 heteroatoms. The van der Waals surface area contributed by atoms with Crippen molar-refractivity contribution in [2.45, 2.75) is 32.2 Å². The van der Waals surface area contributed by atoms with E-state index in [1.807, 2.05) is 6.07 Å². The van der Waals surface area contributed by atoms with Gasteiger partial charge >= 0.3 is 0 Å². The minimum Gasteiger partial charge on any atom is -0.357 e. The Hall–Kier alpha value is -1.35. The molecule has 1 aromatic carbocycles. The van der Waals surface area contributed by atoms with Crippen molar-refractivity contribution in [2.75, 3.05) is 6.54 Å². The van der Waals surface area contributed by atoms with Gasteiger partial charge in [-0.05, 0) is 30.7 Å². The van der Waals surface area contributed by atoms with E-state index in [1.54, 1.807) is 12.1 Å². The van der Waals surface area contributed by atoms with Crippen LogP contribution in [0.1, 0.15) is 38.1 Å². The summed E-state index contributed by atoms with van der Waals surface area (Å²) < 4.78 is 13.3. The SMILES string of the molecule is CC1NCC(C)(C)c2c1[nH]c1cc(F)ccc21. The summed E-state index contributed by atoms with van der Waals surface area (Å²) in [6.07, 6.45) is 0. The number of halogens is 1. The number of fused-ring (bicyclic) bond motifs is 3. The van der Waals surface area contributed by atoms with Gasteiger partial charge in [0.2, 0.25) is 0 Å². The van der Waals surface area contributed by atoms with Gasteiger partial charge in [-0.3, -0.25) is 0 Å². The van der Waals surface area contributed by atoms with E-state index in [9.17, 15) is 4.39 Å². The summed E-state index contributed by atoms with van der Waals surface area (Å²) in [5.74, 6) is -0.186. The summed E-state index contributed by atoms with van der Waals surface area (Å²) in [4.78, 5) is 3.36. The smallest absolute Gasteiger partial charge is 0.125 e. The van der Waals surface area contributed by atoms with Crippen molar-refractivity contribution in [3.8, 4) is 0 Å². The maximum Gasteiger partial charge on any atom is 0.125 e. The summed E-state index contributed by atoms with van der Waals surface area (Å²) in [5, 5.41) is 4.63. The number of hydrogen-bond acceptors (Lipinski definition) is 1. The summed E-state index contributed by atoms with van der Waals surface area (Å²) >= 11 is 0. The van der Waals surface area contributed by atoms with E-state index in [4.69, 9.17) is 0 Å². The molecule has 2 N–H and O–H groups in total. The fraction of sp³-hybridized carbons (Fsp3) is 0.429. The number of H-pyrrole nitrogens is 1. The topological polar surface area (TPSA) is 27.8 Å². The van der Waals surface area contributed by atoms with Gasteiger partial charge in [0.25, 0.3) is 0 Å². The highest BCUT2D eigenvalue weighted by atomic mass is 19.1. The zero-order valence-electron chi connectivity index (χ0n) is 10.4. The second kappa shape index (κ2) is 3.33. The minimum absolute atomic E-state index is 0.0813. The molecule has 2 aromatic rings. The first kappa shape index (κ1) is 10.8. The number of aromatic amines is 1. The molecule has 3 rings (SSSR count). The van der Waals surface area contributed by atoms with E-state index in [2.05, 4.69) is 31.1 Å². The van der Waals surface area contributed by atoms with Crippen molar-refractivity contribution in [1.82, 2.24) is 10.3 Å². The number of rotatable bonds is 0. The molecule has 0 amide bonds. The average Bonchev–Trinajstić information content (AvgIpc) is 2.64. The highest BCUT2D eigenvalue weighted by Gasteiger charge is 2.33. The largest absolute Gasteiger partial charge is 0.357 e. The lowest BCUT2D eigenvalue weighted by molar-refractivity contribution is 0.394. The number of aromatic nitrogens is 1. The Morgan fingerprint density at radius 2 is 2.12 bits per heavy atom. The third-order valence-corrected chi connectivity index (χ3v) is 3.75. The zero-order chi connectivity index (χ0) is 12.2. The maximum absolute atomic E-state index is 13.3. The molecule has 0 spiro atoms. The van der Waals surface area contributed by atoms with Crippen LogP contribution in [0.4, 0.5) is 4.39 Å². The average molecular weight is 232 g/mol. The lowest BCUT2D eigenvalue weighted by atomic mass is 9.79. The molecule has 1 aliphatic rings. The Labute approximate surface area is 100 Å². The van der Waals surface area contributed by atoms with Gasteiger partial charge in [-0.1, -0.05) is 13.8 Å². The molecule has 0 saturated heterocycles. The van der Waals surface area contributed by atoms with Gasteiger partial charge < -0.3 is 10.3 Å². The molecular formula is C14H17FN2. The van der Waals surface area contributed by atoms with E-state index < -0.39 is 0 Å². The molecule has 0 aliphatic carbocycles. The Kier molecular flexibility index (Phi) is 2.11. The normalized spacial score (nSPS) is 22.7. The Bertz CT molecular complexity index is 583. The highest BCUT2D eigenvalue weighted by molar-refractivity contribution is 5.86. The first-order valence-corrected chi connectivity index (χ1v) is 6.04. The Morgan fingerprint density at radius 3 is 2.88 bits per heavy atom. The van der Waals surface area contributed by atoms with Crippen molar-refractivity contribution in [3.05, 3.63) is 35.3 Å². The van der Waals surface area contributed by atoms with E-state index in [0.717, 1.165) is 17.4 Å². The van der Waals surface area contributed by atoms with Crippen LogP contribution in [0.2, 0.25) is 0 Å². The van der Waals surface area contributed by atoms with E-state index in [-0.39, 0.29) is 11.2 Å². The van der Waals surface area contributed by atoms with Crippen LogP contribution < -0.4 is 5.32 Å². The van der Waals surface area contributed by atoms with Gasteiger partial charge in [-0.25, -0.2) is 4.39 Å². The van der Waals surface area contributed by atoms with Crippen LogP contribution in [0.25, 0.3) is 10.9 Å². The van der Waals surface area contributed by atoms with Crippen LogP contribution in [-0.4, -0.2) is 11.5 Å². The van der Waals surface area contributed by atoms with Crippen LogP contribution in [0.15, 0.2) is 18.2 Å². The zero-order valence-corrected chi connectivity index (χ0v) is 10.4. The predicted molar refractivity (Wildman–Crippen MR) is 67.7 cm³/mol. The van der Waals surface area contributed by atoms with Crippen LogP contribution in [0.3, 0.4) is 0 Å². The van der Waals surface area contributed by atoms with Crippen molar-refractivity contribution in [2.24, 2.45) is 0 Å². The highest BCUT2D eigenvalue weighted by Crippen LogP contribution is 2.39. The van der Waals surface area contributed by atoms with Crippen LogP contribution in [-0.2, 0) is 5.41 Å². The Morgan fingerprint density at radius 1 is 1.35 bits per heavy atom. The standard InChI is InChI=1S/C14H17FN2/c1-8-13-12(14(2,3)7-16-8)10-5-4-9(15)6-11(10)17-13/h4-6,8,16-17H,7H2,1-3H3. The van der Waals surface area contributed by atoms with Crippen molar-refractivity contribution < 1.29 is 4.39 Å². The van der Waals surface area contributed by atoms with E-state index in [0.29, 0.717) is 6.04 Å². The molecule has 1 aliphatic heterocycles. The van der Waals surface area contributed by atoms with E-state index >= 15 is 0 Å². The molecular weight excluding hydrogens is 215 g/mol. The summed E-state index contributed by atoms with van der Waals surface area (Å²) in [6, 6.07) is 5.31. The van der Waals surface area contributed by atoms with E-state index in [1.165, 1.54) is 11.3 Å². The predicted octanol–water partition coefficient (Wildman–Crippen LogP) is 3.25. The third-order valence-electron chi connectivity index (χ3n) is 3.75. The van der Waals surface area contributed by atoms with Gasteiger partial charge in [0.1, 0.15) is 5.82 Å². The molecule has 1 aromatic heterocycles. The molecule has 2 nitrogen and oxygen atoms in total. The molecule has 90 valence electrons. The maximum atomic E-state index is 13.3. The van der Waals surface area contributed by atoms with Crippen molar-refractivity contribution in [3.63, 3.8) is 0 Å². The van der Waals surface area contributed by atoms with Gasteiger partial charge in [-0.15, -0.1) is 0 Å². The first-order valence-electron chi connectivity index (χ1n) is 6.04. The fourth-order valence-corrected chi connectivity index (χ4v) is 2.84. The monoisotopic (exact) mass is 232 g/mol. The second-order valence-corrected chi connectivity index (χ2v) is 5.59. The minimum atomic E-state index is -0.186. The first-order chi connectivity index (χ1) is 7.99. The van der Waals surface area contributed by atoms with Crippen LogP contribution in [0, 0.1) is 5.82 Å². The second-order valence-electron chi connectivity index (χ2n) is 5.59. The summed E-state index contributed by atoms with van der Waals surface area (Å²) in [7, 11) is 0. The summed E-state index contributed by atoms with van der Waals surface area (Å²) in [6.45, 7) is 7.54. The quantitative estimate of drug-likeness (QED) is 0.717. The van der Waals surface area contributed by atoms with Gasteiger partial charge in [-0.2, -0.15) is 0 Å². The Balaban J connectivity index is 2.36. The lowest BCUT2D eigenvalue weighted by Gasteiger charge is -2.34.